The van der Waals surface area contributed by atoms with E-state index in [1.165, 1.54) is 11.1 Å². The lowest BCUT2D eigenvalue weighted by atomic mass is 9.99. The molecule has 0 saturated heterocycles. The molecule has 0 radical (unpaired) electrons. The summed E-state index contributed by atoms with van der Waals surface area (Å²) in [7, 11) is 3.48. The van der Waals surface area contributed by atoms with Crippen molar-refractivity contribution in [2.75, 3.05) is 24.5 Å². The molecule has 0 aliphatic heterocycles. The van der Waals surface area contributed by atoms with Crippen LogP contribution in [-0.2, 0) is 6.42 Å². The van der Waals surface area contributed by atoms with Gasteiger partial charge in [0.15, 0.2) is 0 Å². The van der Waals surface area contributed by atoms with Crippen molar-refractivity contribution in [2.24, 2.45) is 0 Å². The van der Waals surface area contributed by atoms with Gasteiger partial charge in [0.25, 0.3) is 0 Å². The maximum absolute atomic E-state index is 9.81. The molecule has 3 aromatic carbocycles. The lowest BCUT2D eigenvalue weighted by molar-refractivity contribution is 0.280. The third-order valence-electron chi connectivity index (χ3n) is 4.15. The molecule has 0 unspecified atom stereocenters. The molecule has 0 amide bonds. The van der Waals surface area contributed by atoms with Crippen LogP contribution in [0.25, 0.3) is 11.1 Å². The Morgan fingerprint density at radius 3 is 2.08 bits per heavy atom. The van der Waals surface area contributed by atoms with E-state index < -0.39 is 0 Å². The predicted octanol–water partition coefficient (Wildman–Crippen LogP) is 4.81. The van der Waals surface area contributed by atoms with Gasteiger partial charge in [-0.15, -0.1) is 0 Å². The monoisotopic (exact) mass is 318 g/mol. The van der Waals surface area contributed by atoms with Crippen LogP contribution in [0.5, 0.6) is 0 Å². The van der Waals surface area contributed by atoms with Crippen molar-refractivity contribution in [3.8, 4) is 11.1 Å². The first-order valence-corrected chi connectivity index (χ1v) is 8.05. The highest BCUT2D eigenvalue weighted by molar-refractivity contribution is 5.77. The summed E-state index contributed by atoms with van der Waals surface area (Å²) in [5.74, 6) is 0. The van der Waals surface area contributed by atoms with Gasteiger partial charge in [-0.2, -0.15) is 0 Å². The first kappa shape index (κ1) is 16.1. The Balaban J connectivity index is 1.84. The highest BCUT2D eigenvalue weighted by atomic mass is 16.5. The van der Waals surface area contributed by atoms with Crippen LogP contribution >= 0.6 is 0 Å². The Kier molecular flexibility index (Phi) is 4.82. The van der Waals surface area contributed by atoms with E-state index in [0.717, 1.165) is 34.0 Å². The van der Waals surface area contributed by atoms with Gasteiger partial charge in [-0.25, -0.2) is 0 Å². The van der Waals surface area contributed by atoms with Gasteiger partial charge in [0.1, 0.15) is 0 Å². The molecule has 0 spiro atoms. The van der Waals surface area contributed by atoms with Gasteiger partial charge in [0.05, 0.1) is 11.4 Å². The second kappa shape index (κ2) is 7.20. The minimum absolute atomic E-state index is 0.753. The van der Waals surface area contributed by atoms with Gasteiger partial charge < -0.3 is 5.32 Å². The third-order valence-corrected chi connectivity index (χ3v) is 4.15. The summed E-state index contributed by atoms with van der Waals surface area (Å²) in [4.78, 5) is 0. The van der Waals surface area contributed by atoms with Crippen molar-refractivity contribution in [3.05, 3.63) is 83.9 Å². The zero-order chi connectivity index (χ0) is 16.9. The molecule has 3 aromatic rings. The summed E-state index contributed by atoms with van der Waals surface area (Å²) < 4.78 is 0. The lowest BCUT2D eigenvalue weighted by Crippen LogP contribution is -2.12. The van der Waals surface area contributed by atoms with Gasteiger partial charge in [0.2, 0.25) is 0 Å². The van der Waals surface area contributed by atoms with Crippen LogP contribution in [0.3, 0.4) is 0 Å². The molecule has 0 heterocycles. The summed E-state index contributed by atoms with van der Waals surface area (Å²) in [5, 5.41) is 14.0. The van der Waals surface area contributed by atoms with E-state index in [4.69, 9.17) is 0 Å². The van der Waals surface area contributed by atoms with Crippen molar-refractivity contribution in [1.29, 1.82) is 0 Å². The van der Waals surface area contributed by atoms with Crippen molar-refractivity contribution < 1.29 is 5.21 Å². The number of nitrogens with one attached hydrogen (secondary N) is 1. The quantitative estimate of drug-likeness (QED) is 0.663. The number of hydrogen-bond acceptors (Lipinski definition) is 3. The van der Waals surface area contributed by atoms with Crippen LogP contribution in [0, 0.1) is 0 Å². The van der Waals surface area contributed by atoms with E-state index in [9.17, 15) is 5.21 Å². The zero-order valence-electron chi connectivity index (χ0n) is 14.0. The average molecular weight is 318 g/mol. The highest BCUT2D eigenvalue weighted by Crippen LogP contribution is 2.30. The Morgan fingerprint density at radius 2 is 1.46 bits per heavy atom. The predicted molar refractivity (Wildman–Crippen MR) is 101 cm³/mol. The molecule has 122 valence electrons. The van der Waals surface area contributed by atoms with Crippen LogP contribution in [0.1, 0.15) is 11.1 Å². The van der Waals surface area contributed by atoms with Crippen LogP contribution in [0.15, 0.2) is 72.8 Å². The fraction of sp³-hybridized carbons (Fsp3) is 0.143. The molecule has 0 atom stereocenters. The highest BCUT2D eigenvalue weighted by Gasteiger charge is 2.07. The van der Waals surface area contributed by atoms with Crippen molar-refractivity contribution in [1.82, 2.24) is 0 Å². The van der Waals surface area contributed by atoms with Crippen molar-refractivity contribution in [3.63, 3.8) is 0 Å². The molecule has 24 heavy (non-hydrogen) atoms. The van der Waals surface area contributed by atoms with E-state index >= 15 is 0 Å². The molecule has 0 aliphatic carbocycles. The first-order chi connectivity index (χ1) is 11.7. The fourth-order valence-corrected chi connectivity index (χ4v) is 2.84. The number of anilines is 2. The Bertz CT molecular complexity index is 796. The molecule has 0 bridgehead atoms. The van der Waals surface area contributed by atoms with E-state index in [1.54, 1.807) is 7.05 Å². The molecule has 0 fully saturated rings. The SMILES string of the molecule is CNc1ccc(-c2ccc(Cc3ccccc3)cc2)cc1N(C)O. The van der Waals surface area contributed by atoms with Crippen LogP contribution in [-0.4, -0.2) is 19.3 Å². The van der Waals surface area contributed by atoms with Crippen molar-refractivity contribution in [2.45, 2.75) is 6.42 Å². The summed E-state index contributed by atoms with van der Waals surface area (Å²) in [6.45, 7) is 0. The topological polar surface area (TPSA) is 35.5 Å². The standard InChI is InChI=1S/C21H22N2O/c1-22-20-13-12-19(15-21(20)23(2)24)18-10-8-17(9-11-18)14-16-6-4-3-5-7-16/h3-13,15,22,24H,14H2,1-2H3. The molecule has 0 aliphatic rings. The Hall–Kier alpha value is -2.78. The molecular formula is C21H22N2O. The third kappa shape index (κ3) is 3.58. The summed E-state index contributed by atoms with van der Waals surface area (Å²) in [6, 6.07) is 25.1. The van der Waals surface area contributed by atoms with E-state index in [2.05, 4.69) is 59.9 Å². The zero-order valence-corrected chi connectivity index (χ0v) is 14.0. The summed E-state index contributed by atoms with van der Waals surface area (Å²) >= 11 is 0. The summed E-state index contributed by atoms with van der Waals surface area (Å²) in [5.41, 5.74) is 6.46. The van der Waals surface area contributed by atoms with E-state index in [-0.39, 0.29) is 0 Å². The normalized spacial score (nSPS) is 10.5. The van der Waals surface area contributed by atoms with Crippen LogP contribution in [0.2, 0.25) is 0 Å². The molecule has 3 rings (SSSR count). The second-order valence-corrected chi connectivity index (χ2v) is 5.86. The largest absolute Gasteiger partial charge is 0.386 e. The van der Waals surface area contributed by atoms with Gasteiger partial charge in [-0.05, 0) is 40.8 Å². The van der Waals surface area contributed by atoms with Gasteiger partial charge in [-0.1, -0.05) is 60.7 Å². The second-order valence-electron chi connectivity index (χ2n) is 5.86. The number of nitrogens with zero attached hydrogens (tertiary/aromatic N) is 1. The van der Waals surface area contributed by atoms with E-state index in [0.29, 0.717) is 0 Å². The minimum atomic E-state index is 0.753. The van der Waals surface area contributed by atoms with Gasteiger partial charge >= 0.3 is 0 Å². The smallest absolute Gasteiger partial charge is 0.0868 e. The number of hydroxylamine groups is 1. The van der Waals surface area contributed by atoms with Crippen LogP contribution in [0.4, 0.5) is 11.4 Å². The van der Waals surface area contributed by atoms with Gasteiger partial charge in [0, 0.05) is 14.1 Å². The number of hydrogen-bond donors (Lipinski definition) is 2. The molecule has 2 N–H and O–H groups in total. The van der Waals surface area contributed by atoms with E-state index in [1.807, 2.05) is 25.2 Å². The molecular weight excluding hydrogens is 296 g/mol. The first-order valence-electron chi connectivity index (χ1n) is 8.05. The lowest BCUT2D eigenvalue weighted by Gasteiger charge is -2.17. The fourth-order valence-electron chi connectivity index (χ4n) is 2.84. The van der Waals surface area contributed by atoms with Crippen molar-refractivity contribution >= 4 is 11.4 Å². The Morgan fingerprint density at radius 1 is 0.833 bits per heavy atom. The molecule has 3 nitrogen and oxygen atoms in total. The van der Waals surface area contributed by atoms with Gasteiger partial charge in [-0.3, -0.25) is 10.3 Å². The number of benzene rings is 3. The average Bonchev–Trinajstić information content (AvgIpc) is 2.62. The molecule has 0 aromatic heterocycles. The maximum Gasteiger partial charge on any atom is 0.0868 e. The minimum Gasteiger partial charge on any atom is -0.386 e. The Labute approximate surface area is 143 Å². The summed E-state index contributed by atoms with van der Waals surface area (Å²) in [6.07, 6.45) is 0.935. The molecule has 0 saturated carbocycles. The number of rotatable bonds is 5. The maximum atomic E-state index is 9.81. The van der Waals surface area contributed by atoms with Crippen LogP contribution < -0.4 is 10.4 Å². The molecule has 3 heteroatoms.